The molecule has 0 saturated carbocycles. The third-order valence-electron chi connectivity index (χ3n) is 11.9. The Bertz CT molecular complexity index is 2160. The Morgan fingerprint density at radius 1 is 0.650 bits per heavy atom. The molecule has 0 aliphatic carbocycles. The monoisotopic (exact) mass is 870 g/mol. The van der Waals surface area contributed by atoms with Gasteiger partial charge < -0.3 is 68.9 Å². The molecule has 4 aromatic carbocycles. The molecule has 0 unspecified atom stereocenters. The van der Waals surface area contributed by atoms with E-state index in [1.165, 1.54) is 12.1 Å². The zero-order chi connectivity index (χ0) is 42.6. The SMILES string of the molecule is CCOc1ccc(Cc2cc([C@]34OC[C@](CO[C@H](c5ccc(OCC)cc5)c5cc([C@]67OC[C@](CO)(O6)[C@@H](O)[C@H](O)[C@H]7O)ccc5Cl)(O3)[C@@H](O)[C@H](O)[C@H]4O)ccc2Cl)cc1. The van der Waals surface area contributed by atoms with Crippen LogP contribution in [0.5, 0.6) is 11.5 Å². The van der Waals surface area contributed by atoms with Crippen molar-refractivity contribution < 1.29 is 68.9 Å². The summed E-state index contributed by atoms with van der Waals surface area (Å²) in [5, 5.41) is 78.4. The third-order valence-corrected chi connectivity index (χ3v) is 12.6. The molecule has 60 heavy (non-hydrogen) atoms. The summed E-state index contributed by atoms with van der Waals surface area (Å²) in [5.74, 6) is -2.61. The molecule has 0 spiro atoms. The van der Waals surface area contributed by atoms with Gasteiger partial charge in [-0.2, -0.15) is 0 Å². The van der Waals surface area contributed by atoms with Gasteiger partial charge in [0.15, 0.2) is 0 Å². The standard InChI is InChI=1S/C44H48Cl2O14/c1-3-54-29-11-5-24(6-12-29)17-26-18-27(9-15-32(26)45)43-40(53)35(49)38(51)42(60-43,23-58-43)21-56-36(25-7-13-30(14-8-25)55-4-2)31-19-28(10-16-33(31)46)44-39(52)34(48)37(50)41(20-47,59-44)22-57-44/h5-16,18-19,34-40,47-53H,3-4,17,20-23H2,1-2H3/t34-,35-,36+,37-,38-,39+,40+,41-,42-,43-,44-/m0/s1. The van der Waals surface area contributed by atoms with Crippen LogP contribution in [0.2, 0.25) is 10.0 Å². The van der Waals surface area contributed by atoms with Crippen molar-refractivity contribution in [1.29, 1.82) is 0 Å². The highest BCUT2D eigenvalue weighted by Crippen LogP contribution is 2.53. The maximum Gasteiger partial charge on any atom is 0.225 e. The van der Waals surface area contributed by atoms with Crippen LogP contribution in [0.15, 0.2) is 84.9 Å². The third kappa shape index (κ3) is 7.19. The van der Waals surface area contributed by atoms with Crippen molar-refractivity contribution in [3.05, 3.63) is 128 Å². The number of ether oxygens (including phenoxy) is 7. The van der Waals surface area contributed by atoms with Gasteiger partial charge in [0.25, 0.3) is 0 Å². The van der Waals surface area contributed by atoms with Gasteiger partial charge in [-0.1, -0.05) is 59.6 Å². The summed E-state index contributed by atoms with van der Waals surface area (Å²) in [7, 11) is 0. The average Bonchev–Trinajstić information content (AvgIpc) is 3.84. The minimum Gasteiger partial charge on any atom is -0.494 e. The molecule has 11 atom stereocenters. The molecule has 4 saturated heterocycles. The summed E-state index contributed by atoms with van der Waals surface area (Å²) in [6.07, 6.45) is -10.9. The molecule has 4 aromatic rings. The zero-order valence-electron chi connectivity index (χ0n) is 32.8. The minimum absolute atomic E-state index is 0.202. The zero-order valence-corrected chi connectivity index (χ0v) is 34.3. The van der Waals surface area contributed by atoms with Gasteiger partial charge in [0.05, 0.1) is 39.6 Å². The molecule has 0 amide bonds. The summed E-state index contributed by atoms with van der Waals surface area (Å²) in [6, 6.07) is 24.2. The van der Waals surface area contributed by atoms with Gasteiger partial charge in [-0.3, -0.25) is 0 Å². The topological polar surface area (TPSA) is 206 Å². The van der Waals surface area contributed by atoms with Crippen LogP contribution in [0.25, 0.3) is 0 Å². The first-order valence-electron chi connectivity index (χ1n) is 19.8. The van der Waals surface area contributed by atoms with E-state index in [0.29, 0.717) is 52.7 Å². The van der Waals surface area contributed by atoms with Gasteiger partial charge in [0.2, 0.25) is 11.6 Å². The van der Waals surface area contributed by atoms with Crippen molar-refractivity contribution in [2.45, 2.75) is 85.8 Å². The summed E-state index contributed by atoms with van der Waals surface area (Å²) in [4.78, 5) is 0. The predicted octanol–water partition coefficient (Wildman–Crippen LogP) is 3.25. The number of hydrogen-bond donors (Lipinski definition) is 7. The maximum atomic E-state index is 11.6. The first kappa shape index (κ1) is 43.2. The van der Waals surface area contributed by atoms with Gasteiger partial charge in [-0.05, 0) is 85.5 Å². The number of benzene rings is 4. The van der Waals surface area contributed by atoms with Crippen LogP contribution in [-0.4, -0.2) is 123 Å². The molecule has 7 N–H and O–H groups in total. The van der Waals surface area contributed by atoms with Gasteiger partial charge in [-0.15, -0.1) is 0 Å². The summed E-state index contributed by atoms with van der Waals surface area (Å²) in [5.41, 5.74) is -0.334. The van der Waals surface area contributed by atoms with Crippen LogP contribution >= 0.6 is 23.2 Å². The minimum atomic E-state index is -2.01. The fourth-order valence-electron chi connectivity index (χ4n) is 8.61. The summed E-state index contributed by atoms with van der Waals surface area (Å²) >= 11 is 13.6. The molecule has 4 aliphatic rings. The fraction of sp³-hybridized carbons (Fsp3) is 0.455. The smallest absolute Gasteiger partial charge is 0.225 e. The maximum absolute atomic E-state index is 11.6. The van der Waals surface area contributed by atoms with E-state index in [0.717, 1.165) is 11.3 Å². The molecule has 16 heteroatoms. The van der Waals surface area contributed by atoms with E-state index in [4.69, 9.17) is 56.4 Å². The highest BCUT2D eigenvalue weighted by Gasteiger charge is 2.68. The normalized spacial score (nSPS) is 33.8. The first-order chi connectivity index (χ1) is 28.7. The Balaban J connectivity index is 1.13. The molecular formula is C44H48Cl2O14. The lowest BCUT2D eigenvalue weighted by Gasteiger charge is -2.47. The van der Waals surface area contributed by atoms with Crippen LogP contribution in [0.1, 0.15) is 53.3 Å². The highest BCUT2D eigenvalue weighted by molar-refractivity contribution is 6.31. The van der Waals surface area contributed by atoms with Crippen molar-refractivity contribution in [3.63, 3.8) is 0 Å². The number of aliphatic hydroxyl groups is 7. The number of rotatable bonds is 14. The van der Waals surface area contributed by atoms with Crippen molar-refractivity contribution in [3.8, 4) is 11.5 Å². The van der Waals surface area contributed by atoms with Crippen LogP contribution in [0.3, 0.4) is 0 Å². The van der Waals surface area contributed by atoms with E-state index < -0.39 is 78.7 Å². The fourth-order valence-corrected chi connectivity index (χ4v) is 9.01. The van der Waals surface area contributed by atoms with E-state index in [9.17, 15) is 35.7 Å². The largest absolute Gasteiger partial charge is 0.494 e. The van der Waals surface area contributed by atoms with Gasteiger partial charge in [0, 0.05) is 26.7 Å². The average molecular weight is 872 g/mol. The number of aliphatic hydroxyl groups excluding tert-OH is 7. The van der Waals surface area contributed by atoms with E-state index in [-0.39, 0.29) is 23.8 Å². The molecule has 14 nitrogen and oxygen atoms in total. The van der Waals surface area contributed by atoms with Crippen molar-refractivity contribution in [2.24, 2.45) is 0 Å². The van der Waals surface area contributed by atoms with Crippen molar-refractivity contribution in [2.75, 3.05) is 39.6 Å². The lowest BCUT2D eigenvalue weighted by molar-refractivity contribution is -0.332. The Morgan fingerprint density at radius 3 is 1.75 bits per heavy atom. The van der Waals surface area contributed by atoms with Gasteiger partial charge in [0.1, 0.15) is 65.4 Å². The quantitative estimate of drug-likeness (QED) is 0.0973. The van der Waals surface area contributed by atoms with Crippen molar-refractivity contribution >= 4 is 23.2 Å². The number of fused-ring (bicyclic) bond motifs is 4. The number of halogens is 2. The Labute approximate surface area is 356 Å². The molecule has 8 rings (SSSR count). The lowest BCUT2D eigenvalue weighted by atomic mass is 9.83. The first-order valence-corrected chi connectivity index (χ1v) is 20.5. The molecule has 4 fully saturated rings. The molecule has 4 heterocycles. The van der Waals surface area contributed by atoms with E-state index in [1.54, 1.807) is 48.5 Å². The Kier molecular flexibility index (Phi) is 12.0. The van der Waals surface area contributed by atoms with Gasteiger partial charge in [-0.25, -0.2) is 0 Å². The van der Waals surface area contributed by atoms with Crippen LogP contribution in [0.4, 0.5) is 0 Å². The van der Waals surface area contributed by atoms with E-state index in [1.807, 2.05) is 38.1 Å². The van der Waals surface area contributed by atoms with Crippen LogP contribution in [-0.2, 0) is 41.7 Å². The predicted molar refractivity (Wildman–Crippen MR) is 215 cm³/mol. The molecule has 322 valence electrons. The second-order valence-corrected chi connectivity index (χ2v) is 16.5. The van der Waals surface area contributed by atoms with Crippen molar-refractivity contribution in [1.82, 2.24) is 0 Å². The van der Waals surface area contributed by atoms with Crippen LogP contribution in [0, 0.1) is 0 Å². The Hall–Kier alpha value is -3.42. The second-order valence-electron chi connectivity index (χ2n) is 15.7. The molecular weight excluding hydrogens is 823 g/mol. The molecule has 4 bridgehead atoms. The molecule has 0 radical (unpaired) electrons. The summed E-state index contributed by atoms with van der Waals surface area (Å²) in [6.45, 7) is 2.99. The van der Waals surface area contributed by atoms with E-state index >= 15 is 0 Å². The number of hydrogen-bond acceptors (Lipinski definition) is 14. The molecule has 4 aliphatic heterocycles. The van der Waals surface area contributed by atoms with E-state index in [2.05, 4.69) is 0 Å². The lowest BCUT2D eigenvalue weighted by Crippen LogP contribution is -2.65. The second kappa shape index (κ2) is 16.7. The van der Waals surface area contributed by atoms with Crippen LogP contribution < -0.4 is 9.47 Å². The Morgan fingerprint density at radius 2 is 1.17 bits per heavy atom. The molecule has 0 aromatic heterocycles. The summed E-state index contributed by atoms with van der Waals surface area (Å²) < 4.78 is 42.9. The highest BCUT2D eigenvalue weighted by atomic mass is 35.5. The van der Waals surface area contributed by atoms with Gasteiger partial charge >= 0.3 is 0 Å².